The monoisotopic (exact) mass is 382 g/mol. The van der Waals surface area contributed by atoms with E-state index in [4.69, 9.17) is 10.5 Å². The summed E-state index contributed by atoms with van der Waals surface area (Å²) in [5, 5.41) is 7.21. The summed E-state index contributed by atoms with van der Waals surface area (Å²) in [6.07, 6.45) is 2.95. The molecule has 0 saturated carbocycles. The van der Waals surface area contributed by atoms with Crippen molar-refractivity contribution in [2.75, 3.05) is 13.2 Å². The molecule has 4 rings (SSSR count). The van der Waals surface area contributed by atoms with Crippen molar-refractivity contribution in [2.45, 2.75) is 27.3 Å². The lowest BCUT2D eigenvalue weighted by Gasteiger charge is -2.28. The van der Waals surface area contributed by atoms with E-state index in [0.29, 0.717) is 36.9 Å². The molecule has 9 nitrogen and oxygen atoms in total. The lowest BCUT2D eigenvalue weighted by molar-refractivity contribution is -0.114. The fourth-order valence-electron chi connectivity index (χ4n) is 3.76. The Morgan fingerprint density at radius 3 is 2.93 bits per heavy atom. The molecule has 0 unspecified atom stereocenters. The van der Waals surface area contributed by atoms with E-state index in [0.717, 1.165) is 17.0 Å². The fourth-order valence-corrected chi connectivity index (χ4v) is 3.76. The number of nitrogens with one attached hydrogen (secondary N) is 1. The number of amides is 2. The highest BCUT2D eigenvalue weighted by Crippen LogP contribution is 2.39. The van der Waals surface area contributed by atoms with E-state index in [1.54, 1.807) is 16.9 Å². The van der Waals surface area contributed by atoms with Gasteiger partial charge < -0.3 is 15.4 Å². The van der Waals surface area contributed by atoms with Gasteiger partial charge in [-0.15, -0.1) is 0 Å². The van der Waals surface area contributed by atoms with Crippen molar-refractivity contribution in [2.24, 2.45) is 16.6 Å². The lowest BCUT2D eigenvalue weighted by Crippen LogP contribution is -2.45. The number of ether oxygens (including phenoxy) is 1. The Morgan fingerprint density at radius 2 is 2.21 bits per heavy atom. The van der Waals surface area contributed by atoms with Crippen LogP contribution in [0, 0.1) is 12.8 Å². The Kier molecular flexibility index (Phi) is 4.29. The van der Waals surface area contributed by atoms with Crippen LogP contribution in [0.5, 0.6) is 0 Å². The number of hydrogen-bond acceptors (Lipinski definition) is 6. The number of aliphatic imine (C=N–C) groups is 1. The standard InChI is InChI=1S/C19H22N6O3/c1-4-25-15(5-11(3)23-25)18(27)22-19-21-6-12-14(17(20)26)9-28-8-13-10(2)7-24(19)16(12)13/h5-6,9-10H,4,7-8H2,1-3H3,(H2,20,26)(H,21,22,27)/t10-/m1/s1. The molecule has 0 fully saturated rings. The molecule has 4 heterocycles. The number of allylic oxidation sites excluding steroid dienone is 1. The van der Waals surface area contributed by atoms with Crippen LogP contribution in [0.4, 0.5) is 0 Å². The third kappa shape index (κ3) is 2.79. The first kappa shape index (κ1) is 18.0. The summed E-state index contributed by atoms with van der Waals surface area (Å²) < 4.78 is 7.19. The Hall–Kier alpha value is -3.36. The maximum Gasteiger partial charge on any atom is 0.276 e. The van der Waals surface area contributed by atoms with Crippen LogP contribution in [0.15, 0.2) is 45.9 Å². The van der Waals surface area contributed by atoms with Crippen LogP contribution >= 0.6 is 0 Å². The number of nitrogens with two attached hydrogens (primary N) is 1. The van der Waals surface area contributed by atoms with Crippen molar-refractivity contribution >= 4 is 17.8 Å². The number of hydrogen-bond donors (Lipinski definition) is 2. The van der Waals surface area contributed by atoms with E-state index < -0.39 is 5.91 Å². The molecule has 0 saturated heterocycles. The number of nitrogens with zero attached hydrogens (tertiary/aromatic N) is 4. The summed E-state index contributed by atoms with van der Waals surface area (Å²) in [4.78, 5) is 31.0. The van der Waals surface area contributed by atoms with Crippen molar-refractivity contribution < 1.29 is 14.3 Å². The van der Waals surface area contributed by atoms with Gasteiger partial charge in [0, 0.05) is 30.8 Å². The zero-order chi connectivity index (χ0) is 20.0. The molecule has 1 aromatic rings. The van der Waals surface area contributed by atoms with Crippen molar-refractivity contribution in [3.8, 4) is 0 Å². The van der Waals surface area contributed by atoms with E-state index in [1.165, 1.54) is 6.26 Å². The third-order valence-corrected chi connectivity index (χ3v) is 5.11. The quantitative estimate of drug-likeness (QED) is 0.802. The number of carbonyl (C=O) groups excluding carboxylic acids is 2. The van der Waals surface area contributed by atoms with Crippen LogP contribution in [0.1, 0.15) is 30.0 Å². The molecular weight excluding hydrogens is 360 g/mol. The van der Waals surface area contributed by atoms with Crippen LogP contribution in [0.25, 0.3) is 0 Å². The molecule has 1 atom stereocenters. The molecule has 28 heavy (non-hydrogen) atoms. The molecule has 0 aromatic carbocycles. The average Bonchev–Trinajstić information content (AvgIpc) is 3.12. The van der Waals surface area contributed by atoms with Gasteiger partial charge in [-0.25, -0.2) is 4.99 Å². The Bertz CT molecular complexity index is 997. The van der Waals surface area contributed by atoms with Gasteiger partial charge in [-0.05, 0) is 25.5 Å². The molecule has 9 heteroatoms. The number of guanidine groups is 1. The molecule has 146 valence electrons. The van der Waals surface area contributed by atoms with Crippen LogP contribution < -0.4 is 11.1 Å². The molecule has 0 spiro atoms. The average molecular weight is 382 g/mol. The van der Waals surface area contributed by atoms with Gasteiger partial charge in [-0.1, -0.05) is 6.92 Å². The lowest BCUT2D eigenvalue weighted by atomic mass is 9.98. The van der Waals surface area contributed by atoms with Crippen LogP contribution in [0.3, 0.4) is 0 Å². The molecule has 0 aliphatic carbocycles. The maximum atomic E-state index is 12.8. The van der Waals surface area contributed by atoms with Gasteiger partial charge in [0.1, 0.15) is 12.3 Å². The molecule has 3 N–H and O–H groups in total. The van der Waals surface area contributed by atoms with Gasteiger partial charge in [0.25, 0.3) is 11.8 Å². The molecule has 3 aliphatic rings. The third-order valence-electron chi connectivity index (χ3n) is 5.11. The Balaban J connectivity index is 1.70. The van der Waals surface area contributed by atoms with Crippen molar-refractivity contribution in [3.05, 3.63) is 52.3 Å². The van der Waals surface area contributed by atoms with E-state index in [9.17, 15) is 9.59 Å². The van der Waals surface area contributed by atoms with Gasteiger partial charge in [-0.3, -0.25) is 19.6 Å². The first-order valence-corrected chi connectivity index (χ1v) is 9.17. The van der Waals surface area contributed by atoms with Gasteiger partial charge in [-0.2, -0.15) is 5.10 Å². The molecule has 0 bridgehead atoms. The first-order chi connectivity index (χ1) is 13.4. The second-order valence-corrected chi connectivity index (χ2v) is 7.03. The minimum absolute atomic E-state index is 0.183. The summed E-state index contributed by atoms with van der Waals surface area (Å²) in [6, 6.07) is 1.74. The SMILES string of the molecule is CCn1nc(C)cc1C(=O)NC1=NC=C2C(C(N)=O)=COCC3=C2N1C[C@H]3C. The fraction of sp³-hybridized carbons (Fsp3) is 0.368. The van der Waals surface area contributed by atoms with Crippen LogP contribution in [-0.2, 0) is 16.1 Å². The minimum atomic E-state index is -0.579. The van der Waals surface area contributed by atoms with E-state index >= 15 is 0 Å². The Labute approximate surface area is 162 Å². The highest BCUT2D eigenvalue weighted by atomic mass is 16.5. The van der Waals surface area contributed by atoms with Gasteiger partial charge in [0.15, 0.2) is 0 Å². The predicted octanol–water partition coefficient (Wildman–Crippen LogP) is 0.800. The number of aryl methyl sites for hydroxylation is 2. The van der Waals surface area contributed by atoms with E-state index in [2.05, 4.69) is 22.3 Å². The molecular formula is C19H22N6O3. The number of carbonyl (C=O) groups is 2. The number of rotatable bonds is 3. The first-order valence-electron chi connectivity index (χ1n) is 9.17. The summed E-state index contributed by atoms with van der Waals surface area (Å²) >= 11 is 0. The second kappa shape index (κ2) is 6.66. The zero-order valence-electron chi connectivity index (χ0n) is 16.0. The summed E-state index contributed by atoms with van der Waals surface area (Å²) in [5.74, 6) is -0.264. The largest absolute Gasteiger partial charge is 0.496 e. The van der Waals surface area contributed by atoms with Crippen LogP contribution in [-0.4, -0.2) is 45.6 Å². The summed E-state index contributed by atoms with van der Waals surface area (Å²) in [6.45, 7) is 7.43. The van der Waals surface area contributed by atoms with Gasteiger partial charge >= 0.3 is 0 Å². The molecule has 2 amide bonds. The van der Waals surface area contributed by atoms with Crippen molar-refractivity contribution in [1.29, 1.82) is 0 Å². The van der Waals surface area contributed by atoms with E-state index in [-0.39, 0.29) is 17.4 Å². The van der Waals surface area contributed by atoms with Gasteiger partial charge in [0.05, 0.1) is 23.2 Å². The highest BCUT2D eigenvalue weighted by molar-refractivity contribution is 6.07. The second-order valence-electron chi connectivity index (χ2n) is 7.03. The van der Waals surface area contributed by atoms with Gasteiger partial charge in [0.2, 0.25) is 5.96 Å². The molecule has 3 aliphatic heterocycles. The smallest absolute Gasteiger partial charge is 0.276 e. The zero-order valence-corrected chi connectivity index (χ0v) is 16.0. The van der Waals surface area contributed by atoms with E-state index in [1.807, 2.05) is 18.7 Å². The summed E-state index contributed by atoms with van der Waals surface area (Å²) in [7, 11) is 0. The van der Waals surface area contributed by atoms with Crippen molar-refractivity contribution in [1.82, 2.24) is 20.0 Å². The Morgan fingerprint density at radius 1 is 1.43 bits per heavy atom. The molecule has 1 aromatic heterocycles. The highest BCUT2D eigenvalue weighted by Gasteiger charge is 2.39. The number of aromatic nitrogens is 2. The topological polar surface area (TPSA) is 115 Å². The summed E-state index contributed by atoms with van der Waals surface area (Å²) in [5.41, 5.74) is 9.55. The number of primary amides is 1. The van der Waals surface area contributed by atoms with Crippen LogP contribution in [0.2, 0.25) is 0 Å². The normalized spacial score (nSPS) is 20.6. The van der Waals surface area contributed by atoms with Crippen molar-refractivity contribution in [3.63, 3.8) is 0 Å². The predicted molar refractivity (Wildman–Crippen MR) is 102 cm³/mol. The molecule has 0 radical (unpaired) electrons. The minimum Gasteiger partial charge on any atom is -0.496 e. The maximum absolute atomic E-state index is 12.8.